The zero-order valence-corrected chi connectivity index (χ0v) is 16.2. The fraction of sp³-hybridized carbons (Fsp3) is 0.867. The summed E-state index contributed by atoms with van der Waals surface area (Å²) in [6, 6.07) is 0. The number of carbonyl (C=O) groups excluding carboxylic acids is 2. The van der Waals surface area contributed by atoms with Gasteiger partial charge in [0.25, 0.3) is 0 Å². The lowest BCUT2D eigenvalue weighted by atomic mass is 9.72. The van der Waals surface area contributed by atoms with Gasteiger partial charge in [-0.3, -0.25) is 14.1 Å². The second-order valence-corrected chi connectivity index (χ2v) is 8.66. The second-order valence-electron chi connectivity index (χ2n) is 7.11. The Morgan fingerprint density at radius 2 is 1.62 bits per heavy atom. The number of aliphatic hydroxyl groups excluding tert-OH is 1. The van der Waals surface area contributed by atoms with Gasteiger partial charge in [-0.1, -0.05) is 6.92 Å². The zero-order chi connectivity index (χ0) is 21.0. The van der Waals surface area contributed by atoms with Crippen molar-refractivity contribution in [2.45, 2.75) is 58.8 Å². The Labute approximate surface area is 151 Å². The smallest absolute Gasteiger partial charge is 0.402 e. The molecule has 2 unspecified atom stereocenters. The fourth-order valence-electron chi connectivity index (χ4n) is 2.18. The number of esters is 2. The van der Waals surface area contributed by atoms with Gasteiger partial charge in [-0.2, -0.15) is 17.2 Å². The third-order valence-corrected chi connectivity index (χ3v) is 4.73. The van der Waals surface area contributed by atoms with E-state index in [2.05, 4.69) is 4.74 Å². The maximum Gasteiger partial charge on any atom is 0.402 e. The van der Waals surface area contributed by atoms with Crippen LogP contribution in [0.1, 0.15) is 47.5 Å². The van der Waals surface area contributed by atoms with Gasteiger partial charge in [0.2, 0.25) is 0 Å². The van der Waals surface area contributed by atoms with E-state index in [1.54, 1.807) is 6.92 Å². The lowest BCUT2D eigenvalue weighted by molar-refractivity contribution is -0.167. The van der Waals surface area contributed by atoms with E-state index in [0.717, 1.165) is 0 Å². The zero-order valence-electron chi connectivity index (χ0n) is 15.4. The van der Waals surface area contributed by atoms with Crippen molar-refractivity contribution < 1.29 is 45.9 Å². The van der Waals surface area contributed by atoms with Crippen molar-refractivity contribution in [3.63, 3.8) is 0 Å². The average Bonchev–Trinajstić information content (AvgIpc) is 2.48. The molecule has 0 radical (unpaired) electrons. The monoisotopic (exact) mass is 404 g/mol. The molecule has 0 aromatic carbocycles. The Hall–Kier alpha value is -1.33. The average molecular weight is 404 g/mol. The van der Waals surface area contributed by atoms with Crippen molar-refractivity contribution in [2.75, 3.05) is 13.2 Å². The Kier molecular flexibility index (Phi) is 8.13. The Morgan fingerprint density at radius 3 is 2.00 bits per heavy atom. The second kappa shape index (κ2) is 8.57. The summed E-state index contributed by atoms with van der Waals surface area (Å²) in [5, 5.41) is 4.54. The molecule has 0 heterocycles. The van der Waals surface area contributed by atoms with Crippen LogP contribution in [0.4, 0.5) is 8.78 Å². The Balaban J connectivity index is 5.12. The summed E-state index contributed by atoms with van der Waals surface area (Å²) in [5.41, 5.74) is -2.59. The molecule has 0 saturated carbocycles. The number of halogens is 2. The minimum atomic E-state index is -5.72. The molecule has 0 aliphatic rings. The van der Waals surface area contributed by atoms with Gasteiger partial charge in [0.1, 0.15) is 6.61 Å². The highest BCUT2D eigenvalue weighted by Crippen LogP contribution is 2.39. The molecule has 0 aliphatic carbocycles. The van der Waals surface area contributed by atoms with Gasteiger partial charge in [-0.05, 0) is 40.5 Å². The number of hydrogen-bond donors (Lipinski definition) is 2. The highest BCUT2D eigenvalue weighted by molar-refractivity contribution is 7.86. The third kappa shape index (κ3) is 6.76. The highest BCUT2D eigenvalue weighted by atomic mass is 32.2. The summed E-state index contributed by atoms with van der Waals surface area (Å²) in [5.74, 6) is -1.84. The van der Waals surface area contributed by atoms with Crippen molar-refractivity contribution in [3.8, 4) is 0 Å². The van der Waals surface area contributed by atoms with E-state index in [-0.39, 0.29) is 19.4 Å². The van der Waals surface area contributed by atoms with Crippen molar-refractivity contribution >= 4 is 22.1 Å². The van der Waals surface area contributed by atoms with Crippen LogP contribution in [0.25, 0.3) is 0 Å². The summed E-state index contributed by atoms with van der Waals surface area (Å²) >= 11 is 0. The van der Waals surface area contributed by atoms with Crippen LogP contribution in [0, 0.1) is 10.8 Å². The number of aliphatic hydroxyl groups is 1. The molecule has 154 valence electrons. The molecular weight excluding hydrogens is 378 g/mol. The van der Waals surface area contributed by atoms with Gasteiger partial charge >= 0.3 is 27.3 Å². The molecule has 0 aliphatic heterocycles. The van der Waals surface area contributed by atoms with E-state index in [4.69, 9.17) is 9.29 Å². The number of alkyl halides is 2. The highest BCUT2D eigenvalue weighted by Gasteiger charge is 2.48. The van der Waals surface area contributed by atoms with Crippen LogP contribution in [0.5, 0.6) is 0 Å². The van der Waals surface area contributed by atoms with Crippen LogP contribution >= 0.6 is 0 Å². The van der Waals surface area contributed by atoms with Gasteiger partial charge in [-0.25, -0.2) is 0 Å². The quantitative estimate of drug-likeness (QED) is 0.417. The molecule has 2 atom stereocenters. The first-order chi connectivity index (χ1) is 11.5. The summed E-state index contributed by atoms with van der Waals surface area (Å²) in [6.45, 7) is 5.21. The van der Waals surface area contributed by atoms with Crippen LogP contribution in [0.2, 0.25) is 0 Å². The van der Waals surface area contributed by atoms with E-state index in [1.807, 2.05) is 0 Å². The predicted molar refractivity (Wildman–Crippen MR) is 86.9 cm³/mol. The number of rotatable bonds is 10. The first-order valence-corrected chi connectivity index (χ1v) is 9.30. The number of carbonyl (C=O) groups is 2. The van der Waals surface area contributed by atoms with E-state index in [0.29, 0.717) is 0 Å². The first-order valence-electron chi connectivity index (χ1n) is 7.86. The van der Waals surface area contributed by atoms with Gasteiger partial charge in [-0.15, -0.1) is 0 Å². The van der Waals surface area contributed by atoms with E-state index in [1.165, 1.54) is 27.7 Å². The van der Waals surface area contributed by atoms with Crippen molar-refractivity contribution in [2.24, 2.45) is 10.8 Å². The first kappa shape index (κ1) is 24.7. The standard InChI is InChI=1S/C15H26F2O8S/c1-6-14(5,12(20)24-7-10(2)18)8-13(3,4)11(19)25-9-15(16,17)26(21,22)23/h10,18H,6-9H2,1-5H3,(H,21,22,23). The van der Waals surface area contributed by atoms with Crippen LogP contribution in [0.3, 0.4) is 0 Å². The summed E-state index contributed by atoms with van der Waals surface area (Å²) < 4.78 is 65.2. The molecule has 26 heavy (non-hydrogen) atoms. The molecule has 0 spiro atoms. The third-order valence-electron chi connectivity index (χ3n) is 3.86. The molecule has 0 aromatic heterocycles. The molecular formula is C15H26F2O8S. The summed E-state index contributed by atoms with van der Waals surface area (Å²) in [6.07, 6.45) is -0.754. The maximum absolute atomic E-state index is 13.2. The lowest BCUT2D eigenvalue weighted by Crippen LogP contribution is -2.41. The van der Waals surface area contributed by atoms with Crippen LogP contribution in [0.15, 0.2) is 0 Å². The van der Waals surface area contributed by atoms with E-state index < -0.39 is 50.9 Å². The Bertz CT molecular complexity index is 615. The molecule has 0 amide bonds. The Morgan fingerprint density at radius 1 is 1.12 bits per heavy atom. The van der Waals surface area contributed by atoms with Crippen molar-refractivity contribution in [1.29, 1.82) is 0 Å². The maximum atomic E-state index is 13.2. The molecule has 0 rings (SSSR count). The summed E-state index contributed by atoms with van der Waals surface area (Å²) in [4.78, 5) is 24.3. The summed E-state index contributed by atoms with van der Waals surface area (Å²) in [7, 11) is -5.72. The molecule has 0 aromatic rings. The molecule has 11 heteroatoms. The molecule has 0 saturated heterocycles. The van der Waals surface area contributed by atoms with Crippen molar-refractivity contribution in [3.05, 3.63) is 0 Å². The normalized spacial score (nSPS) is 16.5. The fourth-order valence-corrected chi connectivity index (χ4v) is 2.39. The predicted octanol–water partition coefficient (Wildman–Crippen LogP) is 1.77. The lowest BCUT2D eigenvalue weighted by Gasteiger charge is -2.34. The molecule has 0 fully saturated rings. The van der Waals surface area contributed by atoms with Crippen molar-refractivity contribution in [1.82, 2.24) is 0 Å². The minimum absolute atomic E-state index is 0.134. The van der Waals surface area contributed by atoms with E-state index >= 15 is 0 Å². The largest absolute Gasteiger partial charge is 0.463 e. The van der Waals surface area contributed by atoms with Crippen LogP contribution in [-0.4, -0.2) is 54.6 Å². The van der Waals surface area contributed by atoms with E-state index in [9.17, 15) is 31.9 Å². The minimum Gasteiger partial charge on any atom is -0.463 e. The van der Waals surface area contributed by atoms with Crippen LogP contribution in [-0.2, 0) is 29.2 Å². The van der Waals surface area contributed by atoms with Gasteiger partial charge < -0.3 is 14.6 Å². The van der Waals surface area contributed by atoms with Gasteiger partial charge in [0, 0.05) is 0 Å². The van der Waals surface area contributed by atoms with Gasteiger partial charge in [0.05, 0.1) is 16.9 Å². The molecule has 2 N–H and O–H groups in total. The number of hydrogen-bond acceptors (Lipinski definition) is 7. The molecule has 0 bridgehead atoms. The van der Waals surface area contributed by atoms with Gasteiger partial charge in [0.15, 0.2) is 6.61 Å². The molecule has 8 nitrogen and oxygen atoms in total. The van der Waals surface area contributed by atoms with Crippen LogP contribution < -0.4 is 0 Å². The topological polar surface area (TPSA) is 127 Å². The number of ether oxygens (including phenoxy) is 2. The SMILES string of the molecule is CCC(C)(CC(C)(C)C(=O)OCC(F)(F)S(=O)(=O)O)C(=O)OCC(C)O.